The molecule has 4 heteroatoms. The summed E-state index contributed by atoms with van der Waals surface area (Å²) in [7, 11) is 0. The molecule has 1 aromatic rings. The van der Waals surface area contributed by atoms with Gasteiger partial charge in [-0.3, -0.25) is 0 Å². The highest BCUT2D eigenvalue weighted by atomic mass is 19.1. The molecule has 0 unspecified atom stereocenters. The Morgan fingerprint density at radius 3 is 2.50 bits per heavy atom. The topological polar surface area (TPSA) is 44.5 Å². The molecule has 18 heavy (non-hydrogen) atoms. The van der Waals surface area contributed by atoms with E-state index in [1.165, 1.54) is 0 Å². The molecule has 1 saturated carbocycles. The van der Waals surface area contributed by atoms with Crippen LogP contribution in [0.4, 0.5) is 10.1 Å². The number of ether oxygens (including phenoxy) is 2. The monoisotopic (exact) mass is 251 g/mol. The van der Waals surface area contributed by atoms with Crippen molar-refractivity contribution in [3.63, 3.8) is 0 Å². The molecule has 1 aliphatic carbocycles. The molecule has 1 spiro atoms. The number of benzene rings is 1. The molecule has 1 aliphatic heterocycles. The van der Waals surface area contributed by atoms with Crippen LogP contribution >= 0.6 is 0 Å². The zero-order valence-corrected chi connectivity index (χ0v) is 10.3. The molecule has 0 atom stereocenters. The lowest BCUT2D eigenvalue weighted by Crippen LogP contribution is -2.34. The molecule has 98 valence electrons. The lowest BCUT2D eigenvalue weighted by Gasteiger charge is -2.35. The lowest BCUT2D eigenvalue weighted by atomic mass is 9.80. The second kappa shape index (κ2) is 4.52. The number of nitrogens with two attached hydrogens (primary N) is 1. The summed E-state index contributed by atoms with van der Waals surface area (Å²) >= 11 is 0. The molecule has 0 bridgehead atoms. The fourth-order valence-electron chi connectivity index (χ4n) is 3.04. The first-order valence-electron chi connectivity index (χ1n) is 6.52. The van der Waals surface area contributed by atoms with Crippen molar-refractivity contribution in [1.29, 1.82) is 0 Å². The van der Waals surface area contributed by atoms with Gasteiger partial charge in [-0.05, 0) is 30.4 Å². The van der Waals surface area contributed by atoms with Crippen LogP contribution in [-0.2, 0) is 9.47 Å². The van der Waals surface area contributed by atoms with Crippen LogP contribution in [0, 0.1) is 5.82 Å². The predicted molar refractivity (Wildman–Crippen MR) is 66.7 cm³/mol. The van der Waals surface area contributed by atoms with Crippen molar-refractivity contribution in [2.75, 3.05) is 18.9 Å². The van der Waals surface area contributed by atoms with E-state index in [-0.39, 0.29) is 23.2 Å². The Kier molecular flexibility index (Phi) is 2.99. The van der Waals surface area contributed by atoms with Crippen LogP contribution in [-0.4, -0.2) is 19.0 Å². The highest BCUT2D eigenvalue weighted by Crippen LogP contribution is 2.43. The maximum Gasteiger partial charge on any atom is 0.168 e. The van der Waals surface area contributed by atoms with Crippen LogP contribution in [0.15, 0.2) is 18.2 Å². The van der Waals surface area contributed by atoms with Gasteiger partial charge in [0.25, 0.3) is 0 Å². The molecule has 0 amide bonds. The summed E-state index contributed by atoms with van der Waals surface area (Å²) in [6.07, 6.45) is 3.46. The van der Waals surface area contributed by atoms with Crippen molar-refractivity contribution in [1.82, 2.24) is 0 Å². The first-order valence-corrected chi connectivity index (χ1v) is 6.52. The number of halogens is 1. The summed E-state index contributed by atoms with van der Waals surface area (Å²) in [6.45, 7) is 1.36. The number of rotatable bonds is 1. The van der Waals surface area contributed by atoms with Gasteiger partial charge in [-0.25, -0.2) is 4.39 Å². The molecular formula is C14H18FNO2. The van der Waals surface area contributed by atoms with Crippen LogP contribution in [0.1, 0.15) is 37.2 Å². The zero-order chi connectivity index (χ0) is 12.6. The van der Waals surface area contributed by atoms with E-state index >= 15 is 0 Å². The summed E-state index contributed by atoms with van der Waals surface area (Å²) in [4.78, 5) is 0. The fourth-order valence-corrected chi connectivity index (χ4v) is 3.04. The van der Waals surface area contributed by atoms with Gasteiger partial charge in [0.05, 0.1) is 18.9 Å². The Bertz CT molecular complexity index is 433. The molecule has 1 saturated heterocycles. The zero-order valence-electron chi connectivity index (χ0n) is 10.3. The van der Waals surface area contributed by atoms with Crippen molar-refractivity contribution >= 4 is 5.69 Å². The number of anilines is 1. The molecule has 2 N–H and O–H groups in total. The van der Waals surface area contributed by atoms with Gasteiger partial charge in [0.2, 0.25) is 0 Å². The first-order chi connectivity index (χ1) is 8.70. The summed E-state index contributed by atoms with van der Waals surface area (Å²) in [5.74, 6) is -0.411. The van der Waals surface area contributed by atoms with Crippen LogP contribution in [0.25, 0.3) is 0 Å². The van der Waals surface area contributed by atoms with Crippen LogP contribution < -0.4 is 5.73 Å². The molecule has 1 aromatic carbocycles. The molecule has 2 fully saturated rings. The van der Waals surface area contributed by atoms with Gasteiger partial charge in [-0.15, -0.1) is 0 Å². The minimum Gasteiger partial charge on any atom is -0.396 e. The Hall–Kier alpha value is -1.13. The van der Waals surface area contributed by atoms with Gasteiger partial charge in [0.15, 0.2) is 5.79 Å². The van der Waals surface area contributed by atoms with Gasteiger partial charge in [0, 0.05) is 12.8 Å². The maximum atomic E-state index is 14.0. The summed E-state index contributed by atoms with van der Waals surface area (Å²) < 4.78 is 25.3. The Balaban J connectivity index is 1.74. The van der Waals surface area contributed by atoms with E-state index in [1.807, 2.05) is 12.1 Å². The van der Waals surface area contributed by atoms with Crippen LogP contribution in [0.5, 0.6) is 0 Å². The van der Waals surface area contributed by atoms with E-state index in [0.29, 0.717) is 13.2 Å². The number of hydrogen-bond acceptors (Lipinski definition) is 3. The predicted octanol–water partition coefficient (Wildman–Crippen LogP) is 2.81. The van der Waals surface area contributed by atoms with E-state index in [4.69, 9.17) is 15.2 Å². The molecular weight excluding hydrogens is 233 g/mol. The highest BCUT2D eigenvalue weighted by Gasteiger charge is 2.40. The van der Waals surface area contributed by atoms with E-state index in [2.05, 4.69) is 0 Å². The smallest absolute Gasteiger partial charge is 0.168 e. The average Bonchev–Trinajstić information content (AvgIpc) is 2.83. The van der Waals surface area contributed by atoms with E-state index in [0.717, 1.165) is 31.2 Å². The van der Waals surface area contributed by atoms with Crippen LogP contribution in [0.2, 0.25) is 0 Å². The third kappa shape index (κ3) is 1.99. The van der Waals surface area contributed by atoms with Crippen molar-refractivity contribution in [3.05, 3.63) is 29.6 Å². The highest BCUT2D eigenvalue weighted by molar-refractivity contribution is 5.44. The fraction of sp³-hybridized carbons (Fsp3) is 0.571. The normalized spacial score (nSPS) is 23.6. The SMILES string of the molecule is Nc1cccc(C2CCC3(CC2)OCCO3)c1F. The lowest BCUT2D eigenvalue weighted by molar-refractivity contribution is -0.178. The third-order valence-corrected chi connectivity index (χ3v) is 4.06. The van der Waals surface area contributed by atoms with Gasteiger partial charge in [0.1, 0.15) is 5.82 Å². The molecule has 0 aromatic heterocycles. The quantitative estimate of drug-likeness (QED) is 0.780. The van der Waals surface area contributed by atoms with Crippen LogP contribution in [0.3, 0.4) is 0 Å². The Morgan fingerprint density at radius 1 is 1.17 bits per heavy atom. The summed E-state index contributed by atoms with van der Waals surface area (Å²) in [5, 5.41) is 0. The van der Waals surface area contributed by atoms with Gasteiger partial charge >= 0.3 is 0 Å². The van der Waals surface area contributed by atoms with Crippen molar-refractivity contribution in [2.24, 2.45) is 0 Å². The first kappa shape index (κ1) is 11.9. The average molecular weight is 251 g/mol. The third-order valence-electron chi connectivity index (χ3n) is 4.06. The standard InChI is InChI=1S/C14H18FNO2/c15-13-11(2-1-3-12(13)16)10-4-6-14(7-5-10)17-8-9-18-14/h1-3,10H,4-9,16H2. The molecule has 0 radical (unpaired) electrons. The van der Waals surface area contributed by atoms with E-state index in [1.54, 1.807) is 6.07 Å². The summed E-state index contributed by atoms with van der Waals surface area (Å²) in [5.41, 5.74) is 6.59. The van der Waals surface area contributed by atoms with Gasteiger partial charge in [-0.1, -0.05) is 12.1 Å². The Morgan fingerprint density at radius 2 is 1.83 bits per heavy atom. The van der Waals surface area contributed by atoms with Gasteiger partial charge in [-0.2, -0.15) is 0 Å². The number of hydrogen-bond donors (Lipinski definition) is 1. The molecule has 2 aliphatic rings. The molecule has 1 heterocycles. The largest absolute Gasteiger partial charge is 0.396 e. The molecule has 3 rings (SSSR count). The van der Waals surface area contributed by atoms with Crippen molar-refractivity contribution in [2.45, 2.75) is 37.4 Å². The number of nitrogen functional groups attached to an aromatic ring is 1. The summed E-state index contributed by atoms with van der Waals surface area (Å²) in [6, 6.07) is 5.26. The van der Waals surface area contributed by atoms with E-state index in [9.17, 15) is 4.39 Å². The van der Waals surface area contributed by atoms with Crippen molar-refractivity contribution < 1.29 is 13.9 Å². The van der Waals surface area contributed by atoms with Gasteiger partial charge < -0.3 is 15.2 Å². The van der Waals surface area contributed by atoms with E-state index < -0.39 is 0 Å². The second-order valence-corrected chi connectivity index (χ2v) is 5.13. The second-order valence-electron chi connectivity index (χ2n) is 5.13. The van der Waals surface area contributed by atoms with Crippen molar-refractivity contribution in [3.8, 4) is 0 Å². The minimum absolute atomic E-state index is 0.229. The minimum atomic E-state index is -0.382. The maximum absolute atomic E-state index is 14.0. The molecule has 3 nitrogen and oxygen atoms in total. The Labute approximate surface area is 106 Å².